The molecule has 0 bridgehead atoms. The first kappa shape index (κ1) is 12.2. The van der Waals surface area contributed by atoms with Gasteiger partial charge in [-0.3, -0.25) is 0 Å². The van der Waals surface area contributed by atoms with Crippen LogP contribution in [0.15, 0.2) is 4.52 Å². The van der Waals surface area contributed by atoms with Gasteiger partial charge in [-0.15, -0.1) is 0 Å². The Labute approximate surface area is 91.2 Å². The van der Waals surface area contributed by atoms with Gasteiger partial charge in [0.15, 0.2) is 5.82 Å². The number of nitrogens with two attached hydrogens (primary N) is 1. The van der Waals surface area contributed by atoms with E-state index >= 15 is 0 Å². The summed E-state index contributed by atoms with van der Waals surface area (Å²) in [4.78, 5) is 4.30. The fourth-order valence-corrected chi connectivity index (χ4v) is 1.47. The average molecular weight is 211 g/mol. The van der Waals surface area contributed by atoms with Crippen LogP contribution in [0.1, 0.15) is 51.9 Å². The predicted molar refractivity (Wildman–Crippen MR) is 59.2 cm³/mol. The second-order valence-electron chi connectivity index (χ2n) is 4.88. The van der Waals surface area contributed by atoms with E-state index in [1.165, 1.54) is 0 Å². The Hall–Kier alpha value is -0.900. The van der Waals surface area contributed by atoms with Gasteiger partial charge in [0.25, 0.3) is 0 Å². The summed E-state index contributed by atoms with van der Waals surface area (Å²) in [7, 11) is 0. The Balaban J connectivity index is 2.58. The molecule has 86 valence electrons. The van der Waals surface area contributed by atoms with Gasteiger partial charge in [0.1, 0.15) is 0 Å². The van der Waals surface area contributed by atoms with E-state index in [1.807, 2.05) is 0 Å². The quantitative estimate of drug-likeness (QED) is 0.811. The van der Waals surface area contributed by atoms with E-state index in [-0.39, 0.29) is 6.04 Å². The zero-order valence-electron chi connectivity index (χ0n) is 10.0. The number of hydrogen-bond donors (Lipinski definition) is 1. The minimum atomic E-state index is -0.126. The third-order valence-corrected chi connectivity index (χ3v) is 2.12. The summed E-state index contributed by atoms with van der Waals surface area (Å²) in [6.45, 7) is 8.52. The van der Waals surface area contributed by atoms with Crippen molar-refractivity contribution < 1.29 is 4.52 Å². The molecule has 1 aromatic rings. The van der Waals surface area contributed by atoms with E-state index in [1.54, 1.807) is 0 Å². The van der Waals surface area contributed by atoms with E-state index in [2.05, 4.69) is 37.8 Å². The van der Waals surface area contributed by atoms with E-state index in [0.29, 0.717) is 17.7 Å². The molecule has 2 N–H and O–H groups in total. The fraction of sp³-hybridized carbons (Fsp3) is 0.818. The van der Waals surface area contributed by atoms with Crippen LogP contribution in [0.25, 0.3) is 0 Å². The van der Waals surface area contributed by atoms with Crippen LogP contribution in [-0.4, -0.2) is 10.1 Å². The lowest BCUT2D eigenvalue weighted by Crippen LogP contribution is -2.13. The third-order valence-electron chi connectivity index (χ3n) is 2.12. The monoisotopic (exact) mass is 211 g/mol. The Morgan fingerprint density at radius 1 is 1.20 bits per heavy atom. The van der Waals surface area contributed by atoms with Crippen molar-refractivity contribution in [2.45, 2.75) is 46.6 Å². The molecule has 1 heterocycles. The summed E-state index contributed by atoms with van der Waals surface area (Å²) in [5.74, 6) is 2.41. The van der Waals surface area contributed by atoms with Crippen LogP contribution < -0.4 is 5.73 Å². The van der Waals surface area contributed by atoms with Gasteiger partial charge in [-0.25, -0.2) is 0 Å². The van der Waals surface area contributed by atoms with Gasteiger partial charge >= 0.3 is 0 Å². The highest BCUT2D eigenvalue weighted by molar-refractivity contribution is 4.92. The Morgan fingerprint density at radius 3 is 2.40 bits per heavy atom. The largest absolute Gasteiger partial charge is 0.338 e. The van der Waals surface area contributed by atoms with Crippen LogP contribution in [0.5, 0.6) is 0 Å². The van der Waals surface area contributed by atoms with E-state index in [0.717, 1.165) is 18.7 Å². The fourth-order valence-electron chi connectivity index (χ4n) is 1.47. The van der Waals surface area contributed by atoms with Gasteiger partial charge in [0.2, 0.25) is 5.89 Å². The molecule has 0 aromatic carbocycles. The zero-order chi connectivity index (χ0) is 11.4. The van der Waals surface area contributed by atoms with E-state index < -0.39 is 0 Å². The van der Waals surface area contributed by atoms with E-state index in [9.17, 15) is 0 Å². The minimum absolute atomic E-state index is 0.126. The van der Waals surface area contributed by atoms with Gasteiger partial charge in [-0.2, -0.15) is 4.98 Å². The van der Waals surface area contributed by atoms with Crippen molar-refractivity contribution in [3.63, 3.8) is 0 Å². The molecule has 0 radical (unpaired) electrons. The molecule has 0 aliphatic rings. The molecule has 0 amide bonds. The molecule has 0 fully saturated rings. The molecule has 15 heavy (non-hydrogen) atoms. The molecule has 0 saturated heterocycles. The van der Waals surface area contributed by atoms with Crippen molar-refractivity contribution in [2.75, 3.05) is 0 Å². The molecule has 4 nitrogen and oxygen atoms in total. The number of aromatic nitrogens is 2. The molecule has 1 atom stereocenters. The maximum Gasteiger partial charge on any atom is 0.243 e. The van der Waals surface area contributed by atoms with Crippen LogP contribution in [0.2, 0.25) is 0 Å². The van der Waals surface area contributed by atoms with Crippen LogP contribution in [0.3, 0.4) is 0 Å². The predicted octanol–water partition coefficient (Wildman–Crippen LogP) is 2.31. The first-order chi connectivity index (χ1) is 6.99. The number of hydrogen-bond acceptors (Lipinski definition) is 4. The maximum absolute atomic E-state index is 5.94. The lowest BCUT2D eigenvalue weighted by atomic mass is 10.0. The highest BCUT2D eigenvalue weighted by Crippen LogP contribution is 2.17. The first-order valence-corrected chi connectivity index (χ1v) is 5.57. The number of nitrogens with zero attached hydrogens (tertiary/aromatic N) is 2. The first-order valence-electron chi connectivity index (χ1n) is 5.57. The van der Waals surface area contributed by atoms with Gasteiger partial charge < -0.3 is 10.3 Å². The Morgan fingerprint density at radius 2 is 1.87 bits per heavy atom. The molecular formula is C11H21N3O. The molecule has 0 aliphatic carbocycles. The standard InChI is InChI=1S/C11H21N3O/c1-7(2)5-9(12)11-13-10(14-15-11)6-8(3)4/h7-9H,5-6,12H2,1-4H3. The molecule has 4 heteroatoms. The van der Waals surface area contributed by atoms with Crippen molar-refractivity contribution in [1.82, 2.24) is 10.1 Å². The highest BCUT2D eigenvalue weighted by Gasteiger charge is 2.16. The summed E-state index contributed by atoms with van der Waals surface area (Å²) in [6.07, 6.45) is 1.72. The summed E-state index contributed by atoms with van der Waals surface area (Å²) in [6, 6.07) is -0.126. The highest BCUT2D eigenvalue weighted by atomic mass is 16.5. The second-order valence-corrected chi connectivity index (χ2v) is 4.88. The minimum Gasteiger partial charge on any atom is -0.338 e. The molecule has 0 saturated carbocycles. The van der Waals surface area contributed by atoms with Gasteiger partial charge in [0.05, 0.1) is 6.04 Å². The van der Waals surface area contributed by atoms with E-state index in [4.69, 9.17) is 10.3 Å². The SMILES string of the molecule is CC(C)Cc1noc(C(N)CC(C)C)n1. The lowest BCUT2D eigenvalue weighted by molar-refractivity contribution is 0.331. The zero-order valence-corrected chi connectivity index (χ0v) is 10.0. The third kappa shape index (κ3) is 4.00. The summed E-state index contributed by atoms with van der Waals surface area (Å²) in [5, 5.41) is 3.92. The molecule has 1 rings (SSSR count). The van der Waals surface area contributed by atoms with Crippen molar-refractivity contribution >= 4 is 0 Å². The van der Waals surface area contributed by atoms with Crippen LogP contribution in [-0.2, 0) is 6.42 Å². The van der Waals surface area contributed by atoms with Crippen molar-refractivity contribution in [3.8, 4) is 0 Å². The average Bonchev–Trinajstić information content (AvgIpc) is 2.50. The van der Waals surface area contributed by atoms with Crippen LogP contribution in [0, 0.1) is 11.8 Å². The Bertz CT molecular complexity index is 294. The van der Waals surface area contributed by atoms with Crippen molar-refractivity contribution in [2.24, 2.45) is 17.6 Å². The summed E-state index contributed by atoms with van der Waals surface area (Å²) >= 11 is 0. The summed E-state index contributed by atoms with van der Waals surface area (Å²) < 4.78 is 5.14. The summed E-state index contributed by atoms with van der Waals surface area (Å²) in [5.41, 5.74) is 5.94. The normalized spacial score (nSPS) is 13.8. The topological polar surface area (TPSA) is 64.9 Å². The second kappa shape index (κ2) is 5.26. The van der Waals surface area contributed by atoms with Crippen molar-refractivity contribution in [3.05, 3.63) is 11.7 Å². The molecular weight excluding hydrogens is 190 g/mol. The maximum atomic E-state index is 5.94. The lowest BCUT2D eigenvalue weighted by Gasteiger charge is -2.08. The molecule has 0 aliphatic heterocycles. The smallest absolute Gasteiger partial charge is 0.243 e. The van der Waals surface area contributed by atoms with Crippen molar-refractivity contribution in [1.29, 1.82) is 0 Å². The Kier molecular flexibility index (Phi) is 4.27. The van der Waals surface area contributed by atoms with Crippen LogP contribution in [0.4, 0.5) is 0 Å². The van der Waals surface area contributed by atoms with Crippen LogP contribution >= 0.6 is 0 Å². The van der Waals surface area contributed by atoms with Gasteiger partial charge in [0, 0.05) is 6.42 Å². The van der Waals surface area contributed by atoms with Gasteiger partial charge in [-0.1, -0.05) is 32.9 Å². The molecule has 1 unspecified atom stereocenters. The molecule has 1 aromatic heterocycles. The van der Waals surface area contributed by atoms with Gasteiger partial charge in [-0.05, 0) is 18.3 Å². The molecule has 0 spiro atoms. The number of rotatable bonds is 5.